The van der Waals surface area contributed by atoms with Crippen LogP contribution >= 0.6 is 0 Å². The molecule has 1 aliphatic carbocycles. The molecule has 0 bridgehead atoms. The minimum absolute atomic E-state index is 0.322. The largest absolute Gasteiger partial charge is 0.363 e. The van der Waals surface area contributed by atoms with E-state index in [9.17, 15) is 5.11 Å². The molecule has 1 fully saturated rings. The summed E-state index contributed by atoms with van der Waals surface area (Å²) in [6, 6.07) is 0. The highest BCUT2D eigenvalue weighted by Crippen LogP contribution is 2.32. The Morgan fingerprint density at radius 3 is 2.70 bits per heavy atom. The van der Waals surface area contributed by atoms with Gasteiger partial charge in [0.2, 0.25) is 0 Å². The highest BCUT2D eigenvalue weighted by molar-refractivity contribution is 4.76. The van der Waals surface area contributed by atoms with Gasteiger partial charge in [0.1, 0.15) is 6.61 Å². The smallest absolute Gasteiger partial charge is 0.199 e. The van der Waals surface area contributed by atoms with Crippen molar-refractivity contribution in [2.24, 2.45) is 0 Å². The predicted octanol–water partition coefficient (Wildman–Crippen LogP) is 0.993. The van der Waals surface area contributed by atoms with Gasteiger partial charge in [-0.3, -0.25) is 0 Å². The van der Waals surface area contributed by atoms with Crippen molar-refractivity contribution in [3.05, 3.63) is 12.7 Å². The Labute approximate surface area is 60.2 Å². The van der Waals surface area contributed by atoms with Gasteiger partial charge in [0.05, 0.1) is 0 Å². The first-order chi connectivity index (χ1) is 4.77. The monoisotopic (exact) mass is 144 g/mol. The molecular weight excluding hydrogens is 132 g/mol. The zero-order chi connectivity index (χ0) is 7.45. The fourth-order valence-corrected chi connectivity index (χ4v) is 0.754. The Balaban J connectivity index is 2.06. The van der Waals surface area contributed by atoms with E-state index in [0.29, 0.717) is 19.4 Å². The van der Waals surface area contributed by atoms with Gasteiger partial charge in [0.15, 0.2) is 5.79 Å². The second kappa shape index (κ2) is 3.14. The van der Waals surface area contributed by atoms with E-state index >= 15 is 0 Å². The van der Waals surface area contributed by atoms with Crippen molar-refractivity contribution in [3.63, 3.8) is 0 Å². The Kier molecular flexibility index (Phi) is 2.43. The molecule has 0 amide bonds. The standard InChI is InChI=1S/C7H12O3/c1-2-6-9-10-7(8)4-3-5-7/h2,8H,1,3-6H2. The second-order valence-electron chi connectivity index (χ2n) is 2.46. The van der Waals surface area contributed by atoms with Gasteiger partial charge in [-0.05, 0) is 6.42 Å². The van der Waals surface area contributed by atoms with Gasteiger partial charge in [0, 0.05) is 12.8 Å². The first kappa shape index (κ1) is 7.72. The van der Waals surface area contributed by atoms with Gasteiger partial charge in [-0.25, -0.2) is 9.78 Å². The van der Waals surface area contributed by atoms with Crippen LogP contribution in [0, 0.1) is 0 Å². The average molecular weight is 144 g/mol. The van der Waals surface area contributed by atoms with Gasteiger partial charge < -0.3 is 5.11 Å². The Hall–Kier alpha value is -0.380. The fraction of sp³-hybridized carbons (Fsp3) is 0.714. The van der Waals surface area contributed by atoms with Crippen LogP contribution in [0.25, 0.3) is 0 Å². The van der Waals surface area contributed by atoms with Gasteiger partial charge >= 0.3 is 0 Å². The molecule has 0 radical (unpaired) electrons. The van der Waals surface area contributed by atoms with E-state index in [4.69, 9.17) is 4.89 Å². The summed E-state index contributed by atoms with van der Waals surface area (Å²) >= 11 is 0. The number of aliphatic hydroxyl groups is 1. The molecule has 3 heteroatoms. The number of hydrogen-bond donors (Lipinski definition) is 1. The molecule has 58 valence electrons. The van der Waals surface area contributed by atoms with Crippen molar-refractivity contribution in [2.75, 3.05) is 6.61 Å². The lowest BCUT2D eigenvalue weighted by atomic mass is 9.92. The van der Waals surface area contributed by atoms with E-state index < -0.39 is 5.79 Å². The van der Waals surface area contributed by atoms with Crippen molar-refractivity contribution in [2.45, 2.75) is 25.0 Å². The molecule has 1 rings (SSSR count). The summed E-state index contributed by atoms with van der Waals surface area (Å²) in [4.78, 5) is 9.31. The molecule has 1 N–H and O–H groups in total. The van der Waals surface area contributed by atoms with E-state index in [-0.39, 0.29) is 0 Å². The first-order valence-electron chi connectivity index (χ1n) is 3.41. The molecule has 0 aromatic heterocycles. The van der Waals surface area contributed by atoms with Crippen LogP contribution in [0.2, 0.25) is 0 Å². The third kappa shape index (κ3) is 1.80. The van der Waals surface area contributed by atoms with Gasteiger partial charge in [0.25, 0.3) is 0 Å². The molecule has 0 aromatic carbocycles. The van der Waals surface area contributed by atoms with Gasteiger partial charge in [-0.15, -0.1) is 6.58 Å². The summed E-state index contributed by atoms with van der Waals surface area (Å²) < 4.78 is 0. The first-order valence-corrected chi connectivity index (χ1v) is 3.41. The van der Waals surface area contributed by atoms with E-state index in [1.165, 1.54) is 0 Å². The summed E-state index contributed by atoms with van der Waals surface area (Å²) in [5.74, 6) is -0.997. The lowest BCUT2D eigenvalue weighted by molar-refractivity contribution is -0.435. The van der Waals surface area contributed by atoms with Crippen LogP contribution in [0.15, 0.2) is 12.7 Å². The van der Waals surface area contributed by atoms with Crippen molar-refractivity contribution in [3.8, 4) is 0 Å². The topological polar surface area (TPSA) is 38.7 Å². The maximum absolute atomic E-state index is 9.26. The van der Waals surface area contributed by atoms with Crippen LogP contribution < -0.4 is 0 Å². The SMILES string of the molecule is C=CCOOC1(O)CCC1. The highest BCUT2D eigenvalue weighted by Gasteiger charge is 2.36. The molecule has 0 heterocycles. The van der Waals surface area contributed by atoms with Crippen LogP contribution in [-0.2, 0) is 9.78 Å². The Bertz CT molecular complexity index is 118. The van der Waals surface area contributed by atoms with Crippen molar-refractivity contribution < 1.29 is 14.9 Å². The zero-order valence-electron chi connectivity index (χ0n) is 5.88. The lowest BCUT2D eigenvalue weighted by Crippen LogP contribution is -2.39. The maximum atomic E-state index is 9.26. The molecule has 0 atom stereocenters. The molecule has 0 unspecified atom stereocenters. The maximum Gasteiger partial charge on any atom is 0.199 e. The summed E-state index contributed by atoms with van der Waals surface area (Å²) in [5, 5.41) is 9.26. The minimum Gasteiger partial charge on any atom is -0.363 e. The second-order valence-corrected chi connectivity index (χ2v) is 2.46. The fourth-order valence-electron chi connectivity index (χ4n) is 0.754. The summed E-state index contributed by atoms with van der Waals surface area (Å²) in [6.45, 7) is 3.76. The third-order valence-electron chi connectivity index (χ3n) is 1.53. The number of rotatable bonds is 4. The van der Waals surface area contributed by atoms with Gasteiger partial charge in [-0.2, -0.15) is 0 Å². The van der Waals surface area contributed by atoms with E-state index in [1.807, 2.05) is 0 Å². The molecule has 1 aliphatic rings. The summed E-state index contributed by atoms with van der Waals surface area (Å²) in [7, 11) is 0. The quantitative estimate of drug-likeness (QED) is 0.210. The summed E-state index contributed by atoms with van der Waals surface area (Å²) in [5.41, 5.74) is 0. The van der Waals surface area contributed by atoms with Crippen molar-refractivity contribution >= 4 is 0 Å². The third-order valence-corrected chi connectivity index (χ3v) is 1.53. The van der Waals surface area contributed by atoms with Crippen LogP contribution in [-0.4, -0.2) is 17.5 Å². The number of hydrogen-bond acceptors (Lipinski definition) is 3. The molecule has 0 aliphatic heterocycles. The zero-order valence-corrected chi connectivity index (χ0v) is 5.88. The molecule has 1 saturated carbocycles. The van der Waals surface area contributed by atoms with E-state index in [1.54, 1.807) is 6.08 Å². The predicted molar refractivity (Wildman–Crippen MR) is 36.0 cm³/mol. The van der Waals surface area contributed by atoms with Crippen LogP contribution in [0.3, 0.4) is 0 Å². The van der Waals surface area contributed by atoms with Gasteiger partial charge in [-0.1, -0.05) is 6.08 Å². The lowest BCUT2D eigenvalue weighted by Gasteiger charge is -2.33. The van der Waals surface area contributed by atoms with Crippen LogP contribution in [0.5, 0.6) is 0 Å². The van der Waals surface area contributed by atoms with Crippen molar-refractivity contribution in [1.29, 1.82) is 0 Å². The molecule has 10 heavy (non-hydrogen) atoms. The van der Waals surface area contributed by atoms with Crippen LogP contribution in [0.1, 0.15) is 19.3 Å². The normalized spacial score (nSPS) is 21.7. The van der Waals surface area contributed by atoms with Crippen molar-refractivity contribution in [1.82, 2.24) is 0 Å². The highest BCUT2D eigenvalue weighted by atomic mass is 17.2. The minimum atomic E-state index is -0.997. The Morgan fingerprint density at radius 1 is 1.60 bits per heavy atom. The molecule has 0 spiro atoms. The van der Waals surface area contributed by atoms with E-state index in [2.05, 4.69) is 11.5 Å². The van der Waals surface area contributed by atoms with E-state index in [0.717, 1.165) is 6.42 Å². The molecule has 3 nitrogen and oxygen atoms in total. The molecule has 0 saturated heterocycles. The van der Waals surface area contributed by atoms with Crippen LogP contribution in [0.4, 0.5) is 0 Å². The molecule has 0 aromatic rings. The molecular formula is C7H12O3. The summed E-state index contributed by atoms with van der Waals surface area (Å²) in [6.07, 6.45) is 3.92. The Morgan fingerprint density at radius 2 is 2.30 bits per heavy atom. The average Bonchev–Trinajstić information content (AvgIpc) is 1.85.